The molecule has 0 radical (unpaired) electrons. The predicted molar refractivity (Wildman–Crippen MR) is 83.4 cm³/mol. The first kappa shape index (κ1) is 15.5. The summed E-state index contributed by atoms with van der Waals surface area (Å²) < 4.78 is 5.14. The highest BCUT2D eigenvalue weighted by molar-refractivity contribution is 5.27. The van der Waals surface area contributed by atoms with Crippen molar-refractivity contribution in [1.82, 2.24) is 4.98 Å². The van der Waals surface area contributed by atoms with E-state index in [9.17, 15) is 5.11 Å². The normalized spacial score (nSPS) is 13.7. The molecule has 2 atom stereocenters. The lowest BCUT2D eigenvalue weighted by molar-refractivity contribution is 0.136. The van der Waals surface area contributed by atoms with Crippen LogP contribution >= 0.6 is 0 Å². The van der Waals surface area contributed by atoms with Crippen molar-refractivity contribution in [2.75, 3.05) is 13.7 Å². The number of aliphatic hydroxyl groups is 1. The monoisotopic (exact) mass is 286 g/mol. The van der Waals surface area contributed by atoms with Crippen LogP contribution in [0, 0.1) is 0 Å². The fourth-order valence-corrected chi connectivity index (χ4v) is 2.43. The van der Waals surface area contributed by atoms with Gasteiger partial charge in [-0.15, -0.1) is 0 Å². The number of aryl methyl sites for hydroxylation is 1. The van der Waals surface area contributed by atoms with E-state index >= 15 is 0 Å². The van der Waals surface area contributed by atoms with Crippen LogP contribution in [0.1, 0.15) is 23.5 Å². The lowest BCUT2D eigenvalue weighted by Gasteiger charge is -2.21. The van der Waals surface area contributed by atoms with Gasteiger partial charge in [-0.2, -0.15) is 0 Å². The summed E-state index contributed by atoms with van der Waals surface area (Å²) in [7, 11) is 1.65. The topological polar surface area (TPSA) is 68.4 Å². The molecule has 2 aromatic rings. The molecule has 2 rings (SSSR count). The lowest BCUT2D eigenvalue weighted by atomic mass is 9.90. The van der Waals surface area contributed by atoms with Crippen molar-refractivity contribution in [2.24, 2.45) is 5.73 Å². The Kier molecular flexibility index (Phi) is 5.72. The third kappa shape index (κ3) is 4.28. The average Bonchev–Trinajstić information content (AvgIpc) is 2.55. The van der Waals surface area contributed by atoms with Gasteiger partial charge >= 0.3 is 0 Å². The number of pyridine rings is 1. The van der Waals surface area contributed by atoms with E-state index in [1.54, 1.807) is 19.5 Å². The molecule has 4 nitrogen and oxygen atoms in total. The first-order chi connectivity index (χ1) is 10.2. The van der Waals surface area contributed by atoms with Gasteiger partial charge in [0.15, 0.2) is 0 Å². The van der Waals surface area contributed by atoms with Gasteiger partial charge in [0.25, 0.3) is 0 Å². The van der Waals surface area contributed by atoms with Crippen molar-refractivity contribution in [3.05, 3.63) is 59.9 Å². The number of methoxy groups -OCH3 is 1. The van der Waals surface area contributed by atoms with Gasteiger partial charge in [0.1, 0.15) is 5.75 Å². The Morgan fingerprint density at radius 2 is 1.81 bits per heavy atom. The minimum absolute atomic E-state index is 0.0498. The molecule has 0 saturated heterocycles. The summed E-state index contributed by atoms with van der Waals surface area (Å²) in [4.78, 5) is 4.00. The molecule has 0 saturated carbocycles. The van der Waals surface area contributed by atoms with Crippen molar-refractivity contribution in [1.29, 1.82) is 0 Å². The third-order valence-corrected chi connectivity index (χ3v) is 3.74. The van der Waals surface area contributed by atoms with E-state index < -0.39 is 6.10 Å². The number of aliphatic hydroxyl groups excluding tert-OH is 1. The zero-order valence-electron chi connectivity index (χ0n) is 12.3. The summed E-state index contributed by atoms with van der Waals surface area (Å²) in [5, 5.41) is 10.4. The molecule has 112 valence electrons. The molecular formula is C17H22N2O2. The number of aromatic nitrogens is 1. The summed E-state index contributed by atoms with van der Waals surface area (Å²) in [5.74, 6) is 0.794. The Balaban J connectivity index is 1.94. The zero-order chi connectivity index (χ0) is 15.1. The van der Waals surface area contributed by atoms with Crippen LogP contribution in [0.15, 0.2) is 48.8 Å². The van der Waals surface area contributed by atoms with E-state index in [1.165, 1.54) is 5.56 Å². The molecule has 2 unspecified atom stereocenters. The average molecular weight is 286 g/mol. The van der Waals surface area contributed by atoms with Gasteiger partial charge in [0.2, 0.25) is 0 Å². The Morgan fingerprint density at radius 1 is 1.14 bits per heavy atom. The van der Waals surface area contributed by atoms with E-state index in [0.29, 0.717) is 13.0 Å². The predicted octanol–water partition coefficient (Wildman–Crippen LogP) is 2.13. The second kappa shape index (κ2) is 7.76. The largest absolute Gasteiger partial charge is 0.497 e. The van der Waals surface area contributed by atoms with Gasteiger partial charge in [-0.3, -0.25) is 4.98 Å². The van der Waals surface area contributed by atoms with Gasteiger partial charge in [-0.25, -0.2) is 0 Å². The quantitative estimate of drug-likeness (QED) is 0.818. The van der Waals surface area contributed by atoms with Crippen molar-refractivity contribution in [2.45, 2.75) is 24.9 Å². The highest BCUT2D eigenvalue weighted by Gasteiger charge is 2.19. The standard InChI is InChI=1S/C17H22N2O2/c1-21-15-5-2-13(3-6-15)4-7-17(20)16(12-18)14-8-10-19-11-9-14/h2-3,5-6,8-11,16-17,20H,4,7,12,18H2,1H3. The third-order valence-electron chi connectivity index (χ3n) is 3.74. The highest BCUT2D eigenvalue weighted by atomic mass is 16.5. The van der Waals surface area contributed by atoms with Gasteiger partial charge < -0.3 is 15.6 Å². The maximum Gasteiger partial charge on any atom is 0.118 e. The van der Waals surface area contributed by atoms with Crippen molar-refractivity contribution >= 4 is 0 Å². The fraction of sp³-hybridized carbons (Fsp3) is 0.353. The van der Waals surface area contributed by atoms with Crippen LogP contribution in [0.5, 0.6) is 5.75 Å². The summed E-state index contributed by atoms with van der Waals surface area (Å²) in [6.07, 6.45) is 4.49. The summed E-state index contributed by atoms with van der Waals surface area (Å²) in [5.41, 5.74) is 8.03. The van der Waals surface area contributed by atoms with Crippen LogP contribution in [-0.2, 0) is 6.42 Å². The fourth-order valence-electron chi connectivity index (χ4n) is 2.43. The summed E-state index contributed by atoms with van der Waals surface area (Å²) >= 11 is 0. The van der Waals surface area contributed by atoms with E-state index in [1.807, 2.05) is 36.4 Å². The molecule has 0 aliphatic carbocycles. The molecular weight excluding hydrogens is 264 g/mol. The van der Waals surface area contributed by atoms with Gasteiger partial charge in [-0.1, -0.05) is 12.1 Å². The van der Waals surface area contributed by atoms with Crippen LogP contribution in [0.3, 0.4) is 0 Å². The number of nitrogens with zero attached hydrogens (tertiary/aromatic N) is 1. The lowest BCUT2D eigenvalue weighted by Crippen LogP contribution is -2.26. The van der Waals surface area contributed by atoms with E-state index in [0.717, 1.165) is 17.7 Å². The van der Waals surface area contributed by atoms with Crippen molar-refractivity contribution in [3.63, 3.8) is 0 Å². The van der Waals surface area contributed by atoms with Crippen molar-refractivity contribution < 1.29 is 9.84 Å². The van der Waals surface area contributed by atoms with E-state index in [2.05, 4.69) is 4.98 Å². The van der Waals surface area contributed by atoms with Crippen LogP contribution < -0.4 is 10.5 Å². The SMILES string of the molecule is COc1ccc(CCC(O)C(CN)c2ccncc2)cc1. The number of hydrogen-bond donors (Lipinski definition) is 2. The number of benzene rings is 1. The summed E-state index contributed by atoms with van der Waals surface area (Å²) in [6.45, 7) is 0.424. The zero-order valence-corrected chi connectivity index (χ0v) is 12.3. The number of hydrogen-bond acceptors (Lipinski definition) is 4. The van der Waals surface area contributed by atoms with Crippen molar-refractivity contribution in [3.8, 4) is 5.75 Å². The van der Waals surface area contributed by atoms with Crippen LogP contribution in [0.25, 0.3) is 0 Å². The first-order valence-electron chi connectivity index (χ1n) is 7.15. The minimum atomic E-state index is -0.459. The molecule has 0 aliphatic rings. The Bertz CT molecular complexity index is 528. The van der Waals surface area contributed by atoms with Gasteiger partial charge in [0, 0.05) is 24.9 Å². The Morgan fingerprint density at radius 3 is 2.38 bits per heavy atom. The maximum atomic E-state index is 10.4. The second-order valence-electron chi connectivity index (χ2n) is 5.08. The molecule has 4 heteroatoms. The molecule has 0 bridgehead atoms. The maximum absolute atomic E-state index is 10.4. The van der Waals surface area contributed by atoms with Gasteiger partial charge in [-0.05, 0) is 48.2 Å². The van der Waals surface area contributed by atoms with E-state index in [4.69, 9.17) is 10.5 Å². The minimum Gasteiger partial charge on any atom is -0.497 e. The molecule has 1 aromatic carbocycles. The number of ether oxygens (including phenoxy) is 1. The number of rotatable bonds is 7. The molecule has 3 N–H and O–H groups in total. The molecule has 0 amide bonds. The van der Waals surface area contributed by atoms with Crippen LogP contribution in [0.2, 0.25) is 0 Å². The molecule has 0 spiro atoms. The van der Waals surface area contributed by atoms with Crippen LogP contribution in [-0.4, -0.2) is 29.8 Å². The van der Waals surface area contributed by atoms with Crippen LogP contribution in [0.4, 0.5) is 0 Å². The first-order valence-corrected chi connectivity index (χ1v) is 7.15. The molecule has 0 aliphatic heterocycles. The van der Waals surface area contributed by atoms with Gasteiger partial charge in [0.05, 0.1) is 13.2 Å². The molecule has 1 heterocycles. The molecule has 1 aromatic heterocycles. The second-order valence-corrected chi connectivity index (χ2v) is 5.08. The molecule has 0 fully saturated rings. The highest BCUT2D eigenvalue weighted by Crippen LogP contribution is 2.22. The summed E-state index contributed by atoms with van der Waals surface area (Å²) in [6, 6.07) is 11.7. The Labute approximate surface area is 125 Å². The number of nitrogens with two attached hydrogens (primary N) is 1. The Hall–Kier alpha value is -1.91. The van der Waals surface area contributed by atoms with E-state index in [-0.39, 0.29) is 5.92 Å². The molecule has 21 heavy (non-hydrogen) atoms. The smallest absolute Gasteiger partial charge is 0.118 e.